The van der Waals surface area contributed by atoms with Gasteiger partial charge in [0.25, 0.3) is 0 Å². The zero-order valence-electron chi connectivity index (χ0n) is 12.7. The lowest BCUT2D eigenvalue weighted by Gasteiger charge is -2.04. The SMILES string of the molecule is Cc1nn(Cc2cc(CNC(C)C)oc2C)c(C)c1Cl. The van der Waals surface area contributed by atoms with Gasteiger partial charge in [0.2, 0.25) is 0 Å². The van der Waals surface area contributed by atoms with Crippen molar-refractivity contribution in [2.45, 2.75) is 53.8 Å². The molecule has 0 saturated heterocycles. The van der Waals surface area contributed by atoms with Gasteiger partial charge in [-0.25, -0.2) is 0 Å². The first-order chi connectivity index (χ1) is 9.38. The van der Waals surface area contributed by atoms with Gasteiger partial charge < -0.3 is 9.73 Å². The highest BCUT2D eigenvalue weighted by atomic mass is 35.5. The van der Waals surface area contributed by atoms with E-state index in [1.54, 1.807) is 0 Å². The first kappa shape index (κ1) is 15.1. The Labute approximate surface area is 125 Å². The Balaban J connectivity index is 2.15. The number of halogens is 1. The smallest absolute Gasteiger partial charge is 0.118 e. The minimum atomic E-state index is 0.443. The second kappa shape index (κ2) is 6.02. The van der Waals surface area contributed by atoms with Crippen molar-refractivity contribution < 1.29 is 4.42 Å². The van der Waals surface area contributed by atoms with Crippen molar-refractivity contribution >= 4 is 11.6 Å². The molecule has 0 radical (unpaired) electrons. The molecule has 2 aromatic rings. The van der Waals surface area contributed by atoms with Crippen molar-refractivity contribution in [1.82, 2.24) is 15.1 Å². The highest BCUT2D eigenvalue weighted by Crippen LogP contribution is 2.22. The molecule has 0 aliphatic heterocycles. The van der Waals surface area contributed by atoms with E-state index in [1.807, 2.05) is 25.5 Å². The van der Waals surface area contributed by atoms with Gasteiger partial charge in [-0.1, -0.05) is 25.4 Å². The lowest BCUT2D eigenvalue weighted by molar-refractivity contribution is 0.445. The second-order valence-corrected chi connectivity index (χ2v) is 5.85. The number of hydrogen-bond acceptors (Lipinski definition) is 3. The highest BCUT2D eigenvalue weighted by Gasteiger charge is 2.13. The van der Waals surface area contributed by atoms with Gasteiger partial charge in [-0.15, -0.1) is 0 Å². The molecule has 0 atom stereocenters. The average Bonchev–Trinajstić information content (AvgIpc) is 2.84. The molecule has 110 valence electrons. The first-order valence-corrected chi connectivity index (χ1v) is 7.27. The zero-order chi connectivity index (χ0) is 14.9. The molecule has 0 saturated carbocycles. The van der Waals surface area contributed by atoms with Crippen LogP contribution in [0.1, 0.15) is 42.3 Å². The van der Waals surface area contributed by atoms with E-state index >= 15 is 0 Å². The summed E-state index contributed by atoms with van der Waals surface area (Å²) < 4.78 is 7.70. The molecule has 2 aromatic heterocycles. The molecule has 4 nitrogen and oxygen atoms in total. The number of nitrogens with zero attached hydrogens (tertiary/aromatic N) is 2. The third-order valence-electron chi connectivity index (χ3n) is 3.37. The molecule has 1 N–H and O–H groups in total. The fraction of sp³-hybridized carbons (Fsp3) is 0.533. The maximum Gasteiger partial charge on any atom is 0.118 e. The summed E-state index contributed by atoms with van der Waals surface area (Å²) in [5, 5.41) is 8.55. The van der Waals surface area contributed by atoms with Crippen molar-refractivity contribution in [1.29, 1.82) is 0 Å². The number of furan rings is 1. The van der Waals surface area contributed by atoms with E-state index in [2.05, 4.69) is 30.3 Å². The van der Waals surface area contributed by atoms with Crippen molar-refractivity contribution in [3.05, 3.63) is 39.6 Å². The molecule has 0 unspecified atom stereocenters. The number of aryl methyl sites for hydroxylation is 2. The quantitative estimate of drug-likeness (QED) is 0.916. The standard InChI is InChI=1S/C15H22ClN3O/c1-9(2)17-7-14-6-13(12(5)20-14)8-19-11(4)15(16)10(3)18-19/h6,9,17H,7-8H2,1-5H3. The molecule has 0 spiro atoms. The predicted octanol–water partition coefficient (Wildman–Crippen LogP) is 3.60. The normalized spacial score (nSPS) is 11.6. The van der Waals surface area contributed by atoms with Crippen LogP contribution in [-0.4, -0.2) is 15.8 Å². The Hall–Kier alpha value is -1.26. The summed E-state index contributed by atoms with van der Waals surface area (Å²) in [5.74, 6) is 1.90. The van der Waals surface area contributed by atoms with Gasteiger partial charge in [0.15, 0.2) is 0 Å². The van der Waals surface area contributed by atoms with Gasteiger partial charge >= 0.3 is 0 Å². The Morgan fingerprint density at radius 3 is 2.60 bits per heavy atom. The third-order valence-corrected chi connectivity index (χ3v) is 3.92. The molecule has 0 amide bonds. The zero-order valence-corrected chi connectivity index (χ0v) is 13.5. The van der Waals surface area contributed by atoms with Crippen LogP contribution in [0.25, 0.3) is 0 Å². The van der Waals surface area contributed by atoms with Gasteiger partial charge in [0, 0.05) is 11.6 Å². The number of rotatable bonds is 5. The van der Waals surface area contributed by atoms with E-state index in [9.17, 15) is 0 Å². The van der Waals surface area contributed by atoms with Crippen molar-refractivity contribution in [3.63, 3.8) is 0 Å². The molecular weight excluding hydrogens is 274 g/mol. The van der Waals surface area contributed by atoms with Gasteiger partial charge in [-0.2, -0.15) is 5.10 Å². The summed E-state index contributed by atoms with van der Waals surface area (Å²) in [5.41, 5.74) is 3.01. The van der Waals surface area contributed by atoms with Gasteiger partial charge in [0.1, 0.15) is 11.5 Å². The van der Waals surface area contributed by atoms with Crippen molar-refractivity contribution in [2.24, 2.45) is 0 Å². The largest absolute Gasteiger partial charge is 0.465 e. The summed E-state index contributed by atoms with van der Waals surface area (Å²) in [4.78, 5) is 0. The van der Waals surface area contributed by atoms with Crippen LogP contribution in [-0.2, 0) is 13.1 Å². The number of nitrogens with one attached hydrogen (secondary N) is 1. The van der Waals surface area contributed by atoms with Crippen LogP contribution in [0.5, 0.6) is 0 Å². The molecule has 0 aromatic carbocycles. The summed E-state index contributed by atoms with van der Waals surface area (Å²) in [7, 11) is 0. The monoisotopic (exact) mass is 295 g/mol. The molecule has 0 aliphatic carbocycles. The van der Waals surface area contributed by atoms with Gasteiger partial charge in [-0.05, 0) is 26.8 Å². The lowest BCUT2D eigenvalue weighted by atomic mass is 10.2. The Morgan fingerprint density at radius 2 is 2.05 bits per heavy atom. The predicted molar refractivity (Wildman–Crippen MR) is 81.2 cm³/mol. The van der Waals surface area contributed by atoms with E-state index in [0.29, 0.717) is 12.6 Å². The van der Waals surface area contributed by atoms with Crippen molar-refractivity contribution in [2.75, 3.05) is 0 Å². The number of aromatic nitrogens is 2. The fourth-order valence-electron chi connectivity index (χ4n) is 2.13. The van der Waals surface area contributed by atoms with Crippen LogP contribution in [0.2, 0.25) is 5.02 Å². The van der Waals surface area contributed by atoms with E-state index in [0.717, 1.165) is 40.0 Å². The third kappa shape index (κ3) is 3.25. The van der Waals surface area contributed by atoms with E-state index < -0.39 is 0 Å². The molecule has 2 rings (SSSR count). The molecule has 20 heavy (non-hydrogen) atoms. The Morgan fingerprint density at radius 1 is 1.35 bits per heavy atom. The molecule has 0 bridgehead atoms. The maximum atomic E-state index is 6.18. The van der Waals surface area contributed by atoms with Crippen LogP contribution >= 0.6 is 11.6 Å². The Bertz CT molecular complexity index is 599. The highest BCUT2D eigenvalue weighted by molar-refractivity contribution is 6.31. The fourth-order valence-corrected chi connectivity index (χ4v) is 2.26. The Kier molecular flexibility index (Phi) is 4.55. The molecule has 2 heterocycles. The van der Waals surface area contributed by atoms with Gasteiger partial charge in [0.05, 0.1) is 29.5 Å². The summed E-state index contributed by atoms with van der Waals surface area (Å²) in [6, 6.07) is 2.54. The van der Waals surface area contributed by atoms with E-state index in [1.165, 1.54) is 0 Å². The summed E-state index contributed by atoms with van der Waals surface area (Å²) in [6.45, 7) is 11.6. The molecular formula is C15H22ClN3O. The maximum absolute atomic E-state index is 6.18. The number of hydrogen-bond donors (Lipinski definition) is 1. The molecule has 5 heteroatoms. The minimum Gasteiger partial charge on any atom is -0.465 e. The summed E-state index contributed by atoms with van der Waals surface area (Å²) in [6.07, 6.45) is 0. The van der Waals surface area contributed by atoms with Crippen LogP contribution < -0.4 is 5.32 Å². The molecule has 0 fully saturated rings. The second-order valence-electron chi connectivity index (χ2n) is 5.47. The summed E-state index contributed by atoms with van der Waals surface area (Å²) >= 11 is 6.18. The van der Waals surface area contributed by atoms with Crippen LogP contribution in [0.3, 0.4) is 0 Å². The molecule has 0 aliphatic rings. The topological polar surface area (TPSA) is 43.0 Å². The van der Waals surface area contributed by atoms with E-state index in [4.69, 9.17) is 16.0 Å². The van der Waals surface area contributed by atoms with Crippen LogP contribution in [0.4, 0.5) is 0 Å². The lowest BCUT2D eigenvalue weighted by Crippen LogP contribution is -2.21. The van der Waals surface area contributed by atoms with Crippen LogP contribution in [0, 0.1) is 20.8 Å². The minimum absolute atomic E-state index is 0.443. The average molecular weight is 296 g/mol. The van der Waals surface area contributed by atoms with Crippen molar-refractivity contribution in [3.8, 4) is 0 Å². The van der Waals surface area contributed by atoms with E-state index in [-0.39, 0.29) is 0 Å². The van der Waals surface area contributed by atoms with Crippen LogP contribution in [0.15, 0.2) is 10.5 Å². The van der Waals surface area contributed by atoms with Gasteiger partial charge in [-0.3, -0.25) is 4.68 Å². The first-order valence-electron chi connectivity index (χ1n) is 6.89.